The van der Waals surface area contributed by atoms with Crippen molar-refractivity contribution in [3.63, 3.8) is 0 Å². The second kappa shape index (κ2) is 6.03. The molecule has 3 heterocycles. The summed E-state index contributed by atoms with van der Waals surface area (Å²) in [5.74, 6) is 0.650. The maximum atomic E-state index is 12.4. The van der Waals surface area contributed by atoms with Crippen molar-refractivity contribution in [2.24, 2.45) is 5.92 Å². The molecule has 1 saturated heterocycles. The van der Waals surface area contributed by atoms with Gasteiger partial charge in [0.15, 0.2) is 0 Å². The molecule has 21 heavy (non-hydrogen) atoms. The van der Waals surface area contributed by atoms with Gasteiger partial charge in [0.05, 0.1) is 5.56 Å². The molecule has 6 heteroatoms. The van der Waals surface area contributed by atoms with Crippen LogP contribution in [-0.4, -0.2) is 43.6 Å². The predicted octanol–water partition coefficient (Wildman–Crippen LogP) is 1.53. The normalized spacial score (nSPS) is 16.1. The summed E-state index contributed by atoms with van der Waals surface area (Å²) >= 11 is 0. The number of likely N-dealkylation sites (tertiary alicyclic amines) is 1. The zero-order chi connectivity index (χ0) is 14.7. The van der Waals surface area contributed by atoms with Crippen LogP contribution in [0.25, 0.3) is 0 Å². The van der Waals surface area contributed by atoms with Crippen LogP contribution in [-0.2, 0) is 6.54 Å². The molecule has 0 radical (unpaired) electrons. The van der Waals surface area contributed by atoms with Crippen LogP contribution in [0.5, 0.6) is 0 Å². The average molecular weight is 285 g/mol. The number of pyridine rings is 1. The Labute approximate surface area is 123 Å². The van der Waals surface area contributed by atoms with Gasteiger partial charge in [-0.3, -0.25) is 14.5 Å². The van der Waals surface area contributed by atoms with Crippen LogP contribution in [0.3, 0.4) is 0 Å². The van der Waals surface area contributed by atoms with Crippen LogP contribution in [0.1, 0.15) is 28.8 Å². The van der Waals surface area contributed by atoms with E-state index in [1.54, 1.807) is 25.0 Å². The minimum atomic E-state index is 0.0883. The summed E-state index contributed by atoms with van der Waals surface area (Å²) in [6, 6.07) is 1.90. The molecule has 0 bridgehead atoms. The Morgan fingerprint density at radius 1 is 1.29 bits per heavy atom. The fraction of sp³-hybridized carbons (Fsp3) is 0.467. The second-order valence-corrected chi connectivity index (χ2v) is 5.60. The summed E-state index contributed by atoms with van der Waals surface area (Å²) in [6.45, 7) is 4.43. The third kappa shape index (κ3) is 3.26. The van der Waals surface area contributed by atoms with Crippen LogP contribution in [0.2, 0.25) is 0 Å². The number of rotatable bonds is 3. The molecule has 1 fully saturated rings. The summed E-state index contributed by atoms with van der Waals surface area (Å²) in [7, 11) is 0. The van der Waals surface area contributed by atoms with E-state index in [2.05, 4.69) is 15.1 Å². The molecule has 0 atom stereocenters. The molecule has 0 N–H and O–H groups in total. The fourth-order valence-corrected chi connectivity index (χ4v) is 2.76. The summed E-state index contributed by atoms with van der Waals surface area (Å²) in [6.07, 6.45) is 8.73. The highest BCUT2D eigenvalue weighted by Crippen LogP contribution is 2.20. The maximum absolute atomic E-state index is 12.4. The van der Waals surface area contributed by atoms with E-state index >= 15 is 0 Å². The first kappa shape index (κ1) is 13.7. The first-order valence-electron chi connectivity index (χ1n) is 7.26. The summed E-state index contributed by atoms with van der Waals surface area (Å²) in [5.41, 5.74) is 1.70. The molecular weight excluding hydrogens is 266 g/mol. The van der Waals surface area contributed by atoms with Crippen molar-refractivity contribution in [1.82, 2.24) is 24.6 Å². The molecular formula is C15H19N5O. The highest BCUT2D eigenvalue weighted by Gasteiger charge is 2.24. The minimum Gasteiger partial charge on any atom is -0.339 e. The lowest BCUT2D eigenvalue weighted by atomic mass is 9.96. The summed E-state index contributed by atoms with van der Waals surface area (Å²) < 4.78 is 1.87. The first-order chi connectivity index (χ1) is 10.2. The summed E-state index contributed by atoms with van der Waals surface area (Å²) in [5, 5.41) is 4.14. The van der Waals surface area contributed by atoms with Gasteiger partial charge >= 0.3 is 0 Å². The molecule has 1 amide bonds. The van der Waals surface area contributed by atoms with Crippen LogP contribution >= 0.6 is 0 Å². The third-order valence-electron chi connectivity index (χ3n) is 3.94. The van der Waals surface area contributed by atoms with Gasteiger partial charge in [0.1, 0.15) is 12.7 Å². The molecule has 0 unspecified atom stereocenters. The van der Waals surface area contributed by atoms with Gasteiger partial charge in [-0.1, -0.05) is 0 Å². The highest BCUT2D eigenvalue weighted by atomic mass is 16.2. The molecule has 6 nitrogen and oxygen atoms in total. The fourth-order valence-electron chi connectivity index (χ4n) is 2.76. The molecule has 0 aromatic carbocycles. The van der Waals surface area contributed by atoms with Gasteiger partial charge in [0.25, 0.3) is 5.91 Å². The van der Waals surface area contributed by atoms with Crippen molar-refractivity contribution >= 4 is 5.91 Å². The Morgan fingerprint density at radius 3 is 2.76 bits per heavy atom. The van der Waals surface area contributed by atoms with E-state index in [4.69, 9.17) is 0 Å². The van der Waals surface area contributed by atoms with Crippen LogP contribution in [0.4, 0.5) is 0 Å². The largest absolute Gasteiger partial charge is 0.339 e. The minimum absolute atomic E-state index is 0.0883. The Hall–Kier alpha value is -2.24. The van der Waals surface area contributed by atoms with Gasteiger partial charge < -0.3 is 4.90 Å². The standard InChI is InChI=1S/C15H19N5O/c1-12-6-14(8-16-7-12)15(21)19-4-2-13(3-5-19)9-20-11-17-10-18-20/h6-8,10-11,13H,2-5,9H2,1H3. The van der Waals surface area contributed by atoms with E-state index in [9.17, 15) is 4.79 Å². The number of nitrogens with zero attached hydrogens (tertiary/aromatic N) is 5. The van der Waals surface area contributed by atoms with E-state index in [0.29, 0.717) is 11.5 Å². The summed E-state index contributed by atoms with van der Waals surface area (Å²) in [4.78, 5) is 22.4. The lowest BCUT2D eigenvalue weighted by Gasteiger charge is -2.31. The first-order valence-corrected chi connectivity index (χ1v) is 7.26. The van der Waals surface area contributed by atoms with Crippen molar-refractivity contribution in [3.05, 3.63) is 42.2 Å². The SMILES string of the molecule is Cc1cncc(C(=O)N2CCC(Cn3cncn3)CC2)c1. The molecule has 0 aliphatic carbocycles. The smallest absolute Gasteiger partial charge is 0.255 e. The number of carbonyl (C=O) groups is 1. The molecule has 1 aliphatic rings. The van der Waals surface area contributed by atoms with E-state index < -0.39 is 0 Å². The van der Waals surface area contributed by atoms with Gasteiger partial charge in [-0.2, -0.15) is 5.10 Å². The van der Waals surface area contributed by atoms with Crippen LogP contribution in [0.15, 0.2) is 31.1 Å². The number of piperidine rings is 1. The Balaban J connectivity index is 1.57. The van der Waals surface area contributed by atoms with Gasteiger partial charge in [-0.15, -0.1) is 0 Å². The second-order valence-electron chi connectivity index (χ2n) is 5.60. The van der Waals surface area contributed by atoms with Crippen molar-refractivity contribution in [2.75, 3.05) is 13.1 Å². The van der Waals surface area contributed by atoms with Crippen molar-refractivity contribution in [1.29, 1.82) is 0 Å². The van der Waals surface area contributed by atoms with Gasteiger partial charge in [-0.25, -0.2) is 4.98 Å². The topological polar surface area (TPSA) is 63.9 Å². The van der Waals surface area contributed by atoms with E-state index in [1.165, 1.54) is 0 Å². The van der Waals surface area contributed by atoms with Gasteiger partial charge in [0.2, 0.25) is 0 Å². The maximum Gasteiger partial charge on any atom is 0.255 e. The van der Waals surface area contributed by atoms with Gasteiger partial charge in [0, 0.05) is 32.0 Å². The predicted molar refractivity (Wildman–Crippen MR) is 77.6 cm³/mol. The molecule has 1 aliphatic heterocycles. The number of carbonyl (C=O) groups excluding carboxylic acids is 1. The number of aromatic nitrogens is 4. The molecule has 0 spiro atoms. The zero-order valence-electron chi connectivity index (χ0n) is 12.1. The van der Waals surface area contributed by atoms with Crippen molar-refractivity contribution in [2.45, 2.75) is 26.3 Å². The number of amides is 1. The Kier molecular flexibility index (Phi) is 3.94. The molecule has 2 aromatic rings. The Morgan fingerprint density at radius 2 is 2.10 bits per heavy atom. The van der Waals surface area contributed by atoms with Crippen molar-refractivity contribution < 1.29 is 4.79 Å². The highest BCUT2D eigenvalue weighted by molar-refractivity contribution is 5.94. The van der Waals surface area contributed by atoms with Crippen molar-refractivity contribution in [3.8, 4) is 0 Å². The third-order valence-corrected chi connectivity index (χ3v) is 3.94. The lowest BCUT2D eigenvalue weighted by molar-refractivity contribution is 0.0680. The quantitative estimate of drug-likeness (QED) is 0.858. The zero-order valence-corrected chi connectivity index (χ0v) is 12.1. The van der Waals surface area contributed by atoms with Crippen LogP contribution < -0.4 is 0 Å². The monoisotopic (exact) mass is 285 g/mol. The molecule has 110 valence electrons. The van der Waals surface area contributed by atoms with E-state index in [-0.39, 0.29) is 5.91 Å². The van der Waals surface area contributed by atoms with Crippen LogP contribution in [0, 0.1) is 12.8 Å². The number of aryl methyl sites for hydroxylation is 1. The molecule has 2 aromatic heterocycles. The lowest BCUT2D eigenvalue weighted by Crippen LogP contribution is -2.39. The Bertz CT molecular complexity index is 602. The average Bonchev–Trinajstić information content (AvgIpc) is 3.00. The molecule has 0 saturated carbocycles. The van der Waals surface area contributed by atoms with E-state index in [0.717, 1.165) is 38.0 Å². The molecule has 3 rings (SSSR count). The number of hydrogen-bond donors (Lipinski definition) is 0. The van der Waals surface area contributed by atoms with Gasteiger partial charge in [-0.05, 0) is 37.3 Å². The number of hydrogen-bond acceptors (Lipinski definition) is 4. The van der Waals surface area contributed by atoms with E-state index in [1.807, 2.05) is 22.6 Å².